The minimum atomic E-state index is -1.86. The van der Waals surface area contributed by atoms with E-state index in [2.05, 4.69) is 6.58 Å². The van der Waals surface area contributed by atoms with Gasteiger partial charge in [-0.15, -0.1) is 24.5 Å². The van der Waals surface area contributed by atoms with Gasteiger partial charge in [-0.25, -0.2) is 0 Å². The Bertz CT molecular complexity index is 201. The minimum Gasteiger partial charge on any atom is -0.198 e. The molecule has 0 aromatic carbocycles. The van der Waals surface area contributed by atoms with Gasteiger partial charge in [0.25, 0.3) is 0 Å². The Morgan fingerprint density at radius 3 is 2.08 bits per heavy atom. The molecule has 0 aliphatic heterocycles. The lowest BCUT2D eigenvalue weighted by Crippen LogP contribution is -2.39. The van der Waals surface area contributed by atoms with Gasteiger partial charge in [-0.05, 0) is 0 Å². The zero-order valence-corrected chi connectivity index (χ0v) is 6.50. The molecule has 7 heteroatoms. The molecule has 0 N–H and O–H groups in total. The molecule has 2 unspecified atom stereocenters. The highest BCUT2D eigenvalue weighted by Gasteiger charge is 2.32. The van der Waals surface area contributed by atoms with Crippen LogP contribution in [0.2, 0.25) is 0 Å². The summed E-state index contributed by atoms with van der Waals surface area (Å²) in [7, 11) is 0. The SMILES string of the molecule is C=CC(C(CC#N)N(F)F)N(F)F. The average Bonchev–Trinajstić information content (AvgIpc) is 2.03. The van der Waals surface area contributed by atoms with Gasteiger partial charge in [-0.1, -0.05) is 6.08 Å². The largest absolute Gasteiger partial charge is 0.198 e. The molecule has 13 heavy (non-hydrogen) atoms. The van der Waals surface area contributed by atoms with Gasteiger partial charge in [0.1, 0.15) is 12.1 Å². The van der Waals surface area contributed by atoms with E-state index in [4.69, 9.17) is 5.26 Å². The first-order valence-corrected chi connectivity index (χ1v) is 3.25. The van der Waals surface area contributed by atoms with Crippen LogP contribution in [0.25, 0.3) is 0 Å². The van der Waals surface area contributed by atoms with E-state index in [0.29, 0.717) is 6.08 Å². The van der Waals surface area contributed by atoms with Crippen LogP contribution in [0.1, 0.15) is 6.42 Å². The second-order valence-corrected chi connectivity index (χ2v) is 2.17. The number of nitriles is 1. The summed E-state index contributed by atoms with van der Waals surface area (Å²) in [6.45, 7) is 2.98. The van der Waals surface area contributed by atoms with Crippen molar-refractivity contribution in [1.29, 1.82) is 5.26 Å². The molecule has 3 nitrogen and oxygen atoms in total. The van der Waals surface area contributed by atoms with Gasteiger partial charge >= 0.3 is 0 Å². The van der Waals surface area contributed by atoms with Crippen molar-refractivity contribution >= 4 is 0 Å². The first-order chi connectivity index (χ1) is 6.04. The molecule has 0 bridgehead atoms. The van der Waals surface area contributed by atoms with Crippen LogP contribution in [-0.4, -0.2) is 22.8 Å². The summed E-state index contributed by atoms with van der Waals surface area (Å²) in [4.78, 5) is 0. The molecule has 74 valence electrons. The fourth-order valence-electron chi connectivity index (χ4n) is 0.766. The Morgan fingerprint density at radius 2 is 1.85 bits per heavy atom. The Kier molecular flexibility index (Phi) is 5.03. The van der Waals surface area contributed by atoms with Crippen LogP contribution in [0, 0.1) is 11.3 Å². The summed E-state index contributed by atoms with van der Waals surface area (Å²) in [5.74, 6) is 0. The van der Waals surface area contributed by atoms with E-state index in [-0.39, 0.29) is 0 Å². The van der Waals surface area contributed by atoms with Gasteiger partial charge in [0.05, 0.1) is 12.5 Å². The third-order valence-electron chi connectivity index (χ3n) is 1.41. The molecule has 0 aromatic heterocycles. The van der Waals surface area contributed by atoms with E-state index in [1.54, 1.807) is 0 Å². The molecule has 0 saturated carbocycles. The maximum atomic E-state index is 12.0. The van der Waals surface area contributed by atoms with E-state index < -0.39 is 29.2 Å². The van der Waals surface area contributed by atoms with Gasteiger partial charge in [0.15, 0.2) is 0 Å². The standard InChI is InChI=1S/C6H7F4N3/c1-2-5(12(7)8)6(3-4-11)13(9)10/h2,5-6H,1,3H2. The van der Waals surface area contributed by atoms with Crippen LogP contribution in [-0.2, 0) is 0 Å². The van der Waals surface area contributed by atoms with E-state index >= 15 is 0 Å². The second-order valence-electron chi connectivity index (χ2n) is 2.17. The van der Waals surface area contributed by atoms with Gasteiger partial charge < -0.3 is 0 Å². The Hall–Kier alpha value is -1.13. The minimum absolute atomic E-state index is 0.661. The summed E-state index contributed by atoms with van der Waals surface area (Å²) < 4.78 is 47.8. The van der Waals surface area contributed by atoms with Crippen molar-refractivity contribution in [3.8, 4) is 6.07 Å². The van der Waals surface area contributed by atoms with Crippen LogP contribution < -0.4 is 0 Å². The zero-order chi connectivity index (χ0) is 10.4. The quantitative estimate of drug-likeness (QED) is 0.383. The zero-order valence-electron chi connectivity index (χ0n) is 6.50. The van der Waals surface area contributed by atoms with Gasteiger partial charge in [-0.3, -0.25) is 0 Å². The van der Waals surface area contributed by atoms with E-state index in [0.717, 1.165) is 0 Å². The van der Waals surface area contributed by atoms with Gasteiger partial charge in [-0.2, -0.15) is 5.26 Å². The highest BCUT2D eigenvalue weighted by atomic mass is 19.4. The molecule has 0 rings (SSSR count). The first kappa shape index (κ1) is 11.9. The third-order valence-corrected chi connectivity index (χ3v) is 1.41. The van der Waals surface area contributed by atoms with E-state index in [1.807, 2.05) is 0 Å². The molecule has 0 aliphatic carbocycles. The molecule has 0 spiro atoms. The average molecular weight is 197 g/mol. The predicted octanol–water partition coefficient (Wildman–Crippen LogP) is 1.97. The summed E-state index contributed by atoms with van der Waals surface area (Å²) in [5, 5.41) is 5.29. The Balaban J connectivity index is 4.50. The maximum absolute atomic E-state index is 12.0. The topological polar surface area (TPSA) is 30.3 Å². The first-order valence-electron chi connectivity index (χ1n) is 3.25. The predicted molar refractivity (Wildman–Crippen MR) is 36.1 cm³/mol. The van der Waals surface area contributed by atoms with Crippen molar-refractivity contribution in [1.82, 2.24) is 10.7 Å². The van der Waals surface area contributed by atoms with Crippen molar-refractivity contribution in [3.05, 3.63) is 12.7 Å². The highest BCUT2D eigenvalue weighted by molar-refractivity contribution is 4.95. The summed E-state index contributed by atoms with van der Waals surface area (Å²) in [5.41, 5.74) is 0. The molecule has 0 radical (unpaired) electrons. The molecule has 0 aromatic rings. The molecular weight excluding hydrogens is 190 g/mol. The molecule has 0 fully saturated rings. The summed E-state index contributed by atoms with van der Waals surface area (Å²) in [6.07, 6.45) is -0.0395. The number of rotatable bonds is 5. The van der Waals surface area contributed by atoms with Crippen molar-refractivity contribution < 1.29 is 17.9 Å². The fraction of sp³-hybridized carbons (Fsp3) is 0.500. The van der Waals surface area contributed by atoms with Crippen LogP contribution in [0.15, 0.2) is 12.7 Å². The van der Waals surface area contributed by atoms with Crippen LogP contribution in [0.5, 0.6) is 0 Å². The van der Waals surface area contributed by atoms with Gasteiger partial charge in [0.2, 0.25) is 0 Å². The van der Waals surface area contributed by atoms with Crippen molar-refractivity contribution in [3.63, 3.8) is 0 Å². The van der Waals surface area contributed by atoms with E-state index in [9.17, 15) is 17.9 Å². The lowest BCUT2D eigenvalue weighted by molar-refractivity contribution is -0.246. The second kappa shape index (κ2) is 5.50. The maximum Gasteiger partial charge on any atom is 0.113 e. The number of hydrogen-bond donors (Lipinski definition) is 0. The third kappa shape index (κ3) is 3.40. The number of hydrogen-bond acceptors (Lipinski definition) is 3. The normalized spacial score (nSPS) is 15.5. The summed E-state index contributed by atoms with van der Waals surface area (Å²) >= 11 is 0. The lowest BCUT2D eigenvalue weighted by atomic mass is 10.1. The van der Waals surface area contributed by atoms with Crippen LogP contribution in [0.3, 0.4) is 0 Å². The van der Waals surface area contributed by atoms with Gasteiger partial charge in [0, 0.05) is 10.7 Å². The number of halogens is 4. The monoisotopic (exact) mass is 197 g/mol. The molecule has 0 saturated heterocycles. The van der Waals surface area contributed by atoms with Crippen LogP contribution >= 0.6 is 0 Å². The van der Waals surface area contributed by atoms with Crippen molar-refractivity contribution in [2.45, 2.75) is 18.5 Å². The molecule has 2 atom stereocenters. The number of nitrogens with zero attached hydrogens (tertiary/aromatic N) is 3. The highest BCUT2D eigenvalue weighted by Crippen LogP contribution is 2.17. The smallest absolute Gasteiger partial charge is 0.113 e. The molecule has 0 heterocycles. The summed E-state index contributed by atoms with van der Waals surface area (Å²) in [6, 6.07) is -2.33. The van der Waals surface area contributed by atoms with Crippen molar-refractivity contribution in [2.75, 3.05) is 0 Å². The fourth-order valence-corrected chi connectivity index (χ4v) is 0.766. The lowest BCUT2D eigenvalue weighted by Gasteiger charge is -2.21. The van der Waals surface area contributed by atoms with Crippen LogP contribution in [0.4, 0.5) is 17.9 Å². The van der Waals surface area contributed by atoms with E-state index in [1.165, 1.54) is 6.07 Å². The Labute approximate surface area is 72.2 Å². The molecule has 0 aliphatic rings. The van der Waals surface area contributed by atoms with Crippen molar-refractivity contribution in [2.24, 2.45) is 0 Å². The molecule has 0 amide bonds. The molecular formula is C6H7F4N3. The Morgan fingerprint density at radius 1 is 1.31 bits per heavy atom.